The highest BCUT2D eigenvalue weighted by Crippen LogP contribution is 2.25. The Hall–Kier alpha value is -2.32. The van der Waals surface area contributed by atoms with Crippen LogP contribution < -0.4 is 10.6 Å². The maximum atomic E-state index is 12.8. The van der Waals surface area contributed by atoms with Crippen LogP contribution in [0.4, 0.5) is 4.79 Å². The monoisotopic (exact) mass is 424 g/mol. The Labute approximate surface area is 178 Å². The number of alkyl carbamates (subject to hydrolysis) is 1. The highest BCUT2D eigenvalue weighted by atomic mass is 16.6. The second-order valence-corrected chi connectivity index (χ2v) is 9.47. The van der Waals surface area contributed by atoms with Crippen molar-refractivity contribution in [3.8, 4) is 0 Å². The molecule has 4 amide bonds. The molecule has 2 fully saturated rings. The molecule has 0 saturated carbocycles. The number of rotatable bonds is 6. The van der Waals surface area contributed by atoms with E-state index in [0.29, 0.717) is 32.6 Å². The second-order valence-electron chi connectivity index (χ2n) is 9.47. The number of amides is 4. The minimum Gasteiger partial charge on any atom is -0.444 e. The van der Waals surface area contributed by atoms with Crippen molar-refractivity contribution in [2.75, 3.05) is 32.7 Å². The zero-order valence-electron chi connectivity index (χ0n) is 18.8. The molecule has 2 N–H and O–H groups in total. The van der Waals surface area contributed by atoms with Crippen molar-refractivity contribution in [3.63, 3.8) is 0 Å². The molecule has 9 nitrogen and oxygen atoms in total. The Bertz CT molecular complexity index is 650. The molecule has 2 aliphatic heterocycles. The summed E-state index contributed by atoms with van der Waals surface area (Å²) in [5.74, 6) is -0.0962. The van der Waals surface area contributed by atoms with Crippen LogP contribution in [0, 0.1) is 11.8 Å². The lowest BCUT2D eigenvalue weighted by molar-refractivity contribution is -0.137. The van der Waals surface area contributed by atoms with Gasteiger partial charge in [-0.25, -0.2) is 4.79 Å². The smallest absolute Gasteiger partial charge is 0.408 e. The first-order chi connectivity index (χ1) is 14.0. The van der Waals surface area contributed by atoms with Crippen LogP contribution in [-0.2, 0) is 19.1 Å². The average Bonchev–Trinajstić information content (AvgIpc) is 3.05. The Morgan fingerprint density at radius 3 is 2.30 bits per heavy atom. The quantitative estimate of drug-likeness (QED) is 0.664. The number of carbonyl (C=O) groups excluding carboxylic acids is 4. The fourth-order valence-corrected chi connectivity index (χ4v) is 3.80. The van der Waals surface area contributed by atoms with Gasteiger partial charge < -0.3 is 25.2 Å². The topological polar surface area (TPSA) is 108 Å². The lowest BCUT2D eigenvalue weighted by atomic mass is 9.95. The average molecular weight is 425 g/mol. The molecule has 0 bridgehead atoms. The molecular weight excluding hydrogens is 388 g/mol. The van der Waals surface area contributed by atoms with Gasteiger partial charge in [-0.1, -0.05) is 0 Å². The van der Waals surface area contributed by atoms with Crippen molar-refractivity contribution in [1.82, 2.24) is 20.4 Å². The SMILES string of the molecule is CC(C)N1CC(C(=O)N2CCC(CNC(=O)CNC(=O)OC(C)(C)C)CC2)CC1=O. The van der Waals surface area contributed by atoms with E-state index in [-0.39, 0.29) is 42.1 Å². The summed E-state index contributed by atoms with van der Waals surface area (Å²) >= 11 is 0. The molecule has 0 aliphatic carbocycles. The maximum absolute atomic E-state index is 12.8. The minimum absolute atomic E-state index is 0.0564. The number of nitrogens with zero attached hydrogens (tertiary/aromatic N) is 2. The molecule has 0 spiro atoms. The third kappa shape index (κ3) is 7.18. The molecule has 1 unspecified atom stereocenters. The number of ether oxygens (including phenoxy) is 1. The Kier molecular flexibility index (Phi) is 8.09. The normalized spacial score (nSPS) is 20.5. The molecule has 2 rings (SSSR count). The summed E-state index contributed by atoms with van der Waals surface area (Å²) in [7, 11) is 0. The van der Waals surface area contributed by atoms with E-state index < -0.39 is 11.7 Å². The van der Waals surface area contributed by atoms with Crippen LogP contribution >= 0.6 is 0 Å². The zero-order valence-corrected chi connectivity index (χ0v) is 18.8. The third-order valence-electron chi connectivity index (χ3n) is 5.44. The Morgan fingerprint density at radius 1 is 1.13 bits per heavy atom. The minimum atomic E-state index is -0.620. The molecule has 0 radical (unpaired) electrons. The molecule has 2 aliphatic rings. The van der Waals surface area contributed by atoms with Gasteiger partial charge in [-0.3, -0.25) is 14.4 Å². The highest BCUT2D eigenvalue weighted by molar-refractivity contribution is 5.89. The van der Waals surface area contributed by atoms with Gasteiger partial charge in [-0.05, 0) is 53.4 Å². The highest BCUT2D eigenvalue weighted by Gasteiger charge is 2.38. The summed E-state index contributed by atoms with van der Waals surface area (Å²) in [6.07, 6.45) is 1.29. The second kappa shape index (κ2) is 10.1. The molecule has 0 aromatic heterocycles. The Morgan fingerprint density at radius 2 is 1.77 bits per heavy atom. The van der Waals surface area contributed by atoms with Crippen LogP contribution in [0.15, 0.2) is 0 Å². The Balaban J connectivity index is 1.66. The summed E-state index contributed by atoms with van der Waals surface area (Å²) < 4.78 is 5.09. The number of nitrogens with one attached hydrogen (secondary N) is 2. The van der Waals surface area contributed by atoms with Crippen LogP contribution in [0.2, 0.25) is 0 Å². The predicted molar refractivity (Wildman–Crippen MR) is 112 cm³/mol. The molecule has 0 aromatic rings. The third-order valence-corrected chi connectivity index (χ3v) is 5.44. The maximum Gasteiger partial charge on any atom is 0.408 e. The summed E-state index contributed by atoms with van der Waals surface area (Å²) in [5, 5.41) is 5.27. The fourth-order valence-electron chi connectivity index (χ4n) is 3.80. The summed E-state index contributed by atoms with van der Waals surface area (Å²) in [5.41, 5.74) is -0.606. The summed E-state index contributed by atoms with van der Waals surface area (Å²) in [4.78, 5) is 52.0. The lowest BCUT2D eigenvalue weighted by Gasteiger charge is -2.33. The van der Waals surface area contributed by atoms with Crippen LogP contribution in [0.3, 0.4) is 0 Å². The van der Waals surface area contributed by atoms with E-state index in [4.69, 9.17) is 4.74 Å². The van der Waals surface area contributed by atoms with Gasteiger partial charge in [0.1, 0.15) is 5.60 Å². The van der Waals surface area contributed by atoms with Crippen LogP contribution in [0.25, 0.3) is 0 Å². The zero-order chi connectivity index (χ0) is 22.5. The van der Waals surface area contributed by atoms with Crippen molar-refractivity contribution in [2.24, 2.45) is 11.8 Å². The van der Waals surface area contributed by atoms with Crippen molar-refractivity contribution in [2.45, 2.75) is 65.5 Å². The van der Waals surface area contributed by atoms with Crippen molar-refractivity contribution in [3.05, 3.63) is 0 Å². The van der Waals surface area contributed by atoms with Crippen molar-refractivity contribution in [1.29, 1.82) is 0 Å². The number of carbonyl (C=O) groups is 4. The van der Waals surface area contributed by atoms with Gasteiger partial charge in [0.15, 0.2) is 0 Å². The van der Waals surface area contributed by atoms with E-state index in [0.717, 1.165) is 12.8 Å². The van der Waals surface area contributed by atoms with Gasteiger partial charge in [0.25, 0.3) is 0 Å². The van der Waals surface area contributed by atoms with E-state index in [2.05, 4.69) is 10.6 Å². The predicted octanol–water partition coefficient (Wildman–Crippen LogP) is 1.12. The number of piperidine rings is 1. The summed E-state index contributed by atoms with van der Waals surface area (Å²) in [6, 6.07) is 0.120. The van der Waals surface area contributed by atoms with E-state index >= 15 is 0 Å². The van der Waals surface area contributed by atoms with Gasteiger partial charge in [-0.2, -0.15) is 0 Å². The standard InChI is InChI=1S/C21H36N4O5/c1-14(2)25-13-16(10-18(25)27)19(28)24-8-6-15(7-9-24)11-22-17(26)12-23-20(29)30-21(3,4)5/h14-16H,6-13H2,1-5H3,(H,22,26)(H,23,29). The number of likely N-dealkylation sites (tertiary alicyclic amines) is 2. The van der Waals surface area contributed by atoms with Crippen molar-refractivity contribution >= 4 is 23.8 Å². The largest absolute Gasteiger partial charge is 0.444 e. The van der Waals surface area contributed by atoms with Crippen molar-refractivity contribution < 1.29 is 23.9 Å². The molecule has 1 atom stereocenters. The lowest BCUT2D eigenvalue weighted by Crippen LogP contribution is -2.45. The van der Waals surface area contributed by atoms with E-state index in [9.17, 15) is 19.2 Å². The fraction of sp³-hybridized carbons (Fsp3) is 0.810. The molecule has 2 saturated heterocycles. The molecule has 0 aromatic carbocycles. The molecule has 170 valence electrons. The molecule has 9 heteroatoms. The van der Waals surface area contributed by atoms with E-state index in [1.807, 2.05) is 18.7 Å². The first-order valence-corrected chi connectivity index (χ1v) is 10.8. The van der Waals surface area contributed by atoms with Crippen LogP contribution in [0.1, 0.15) is 53.9 Å². The molecular formula is C21H36N4O5. The van der Waals surface area contributed by atoms with Gasteiger partial charge >= 0.3 is 6.09 Å². The van der Waals surface area contributed by atoms with Gasteiger partial charge in [0.05, 0.1) is 12.5 Å². The number of hydrogen-bond donors (Lipinski definition) is 2. The van der Waals surface area contributed by atoms with E-state index in [1.54, 1.807) is 25.7 Å². The van der Waals surface area contributed by atoms with Crippen LogP contribution in [-0.4, -0.2) is 78.0 Å². The van der Waals surface area contributed by atoms with Gasteiger partial charge in [0, 0.05) is 38.6 Å². The summed E-state index contributed by atoms with van der Waals surface area (Å²) in [6.45, 7) is 11.4. The van der Waals surface area contributed by atoms with Gasteiger partial charge in [-0.15, -0.1) is 0 Å². The van der Waals surface area contributed by atoms with Crippen LogP contribution in [0.5, 0.6) is 0 Å². The first-order valence-electron chi connectivity index (χ1n) is 10.8. The molecule has 30 heavy (non-hydrogen) atoms. The van der Waals surface area contributed by atoms with Gasteiger partial charge in [0.2, 0.25) is 17.7 Å². The van der Waals surface area contributed by atoms with E-state index in [1.165, 1.54) is 0 Å². The molecule has 2 heterocycles. The first kappa shape index (κ1) is 24.0. The number of hydrogen-bond acceptors (Lipinski definition) is 5.